The van der Waals surface area contributed by atoms with Gasteiger partial charge in [-0.05, 0) is 142 Å². The summed E-state index contributed by atoms with van der Waals surface area (Å²) in [7, 11) is 0. The van der Waals surface area contributed by atoms with Gasteiger partial charge >= 0.3 is 21.2 Å². The molecule has 0 aliphatic heterocycles. The van der Waals surface area contributed by atoms with Gasteiger partial charge < -0.3 is 9.47 Å². The molecule has 4 aromatic rings. The Balaban J connectivity index is 1.36. The highest BCUT2D eigenvalue weighted by atomic mass is 127. The van der Waals surface area contributed by atoms with E-state index in [4.69, 9.17) is 9.47 Å². The van der Waals surface area contributed by atoms with E-state index < -0.39 is 0 Å². The van der Waals surface area contributed by atoms with Crippen molar-refractivity contribution in [1.29, 1.82) is 0 Å². The molecule has 0 N–H and O–H groups in total. The van der Waals surface area contributed by atoms with Crippen LogP contribution in [-0.2, 0) is 0 Å². The van der Waals surface area contributed by atoms with Gasteiger partial charge in [0.25, 0.3) is 0 Å². The molecule has 0 spiro atoms. The van der Waals surface area contributed by atoms with E-state index in [0.29, 0.717) is 0 Å². The molecule has 0 aromatic heterocycles. The average Bonchev–Trinajstić information content (AvgIpc) is 2.74. The Bertz CT molecular complexity index is 970. The summed E-state index contributed by atoms with van der Waals surface area (Å²) in [4.78, 5) is 0. The molecular formula is C24H16I3O2+. The lowest BCUT2D eigenvalue weighted by Crippen LogP contribution is -3.61. The molecule has 0 aliphatic carbocycles. The van der Waals surface area contributed by atoms with Crippen molar-refractivity contribution in [2.45, 2.75) is 0 Å². The minimum atomic E-state index is -0.240. The predicted octanol–water partition coefficient (Wildman–Crippen LogP) is 4.61. The molecule has 0 fully saturated rings. The Labute approximate surface area is 208 Å². The van der Waals surface area contributed by atoms with E-state index in [1.165, 1.54) is 14.3 Å². The zero-order valence-corrected chi connectivity index (χ0v) is 21.7. The second-order valence-corrected chi connectivity index (χ2v) is 11.6. The summed E-state index contributed by atoms with van der Waals surface area (Å²) in [6.45, 7) is 0. The second-order valence-electron chi connectivity index (χ2n) is 6.11. The van der Waals surface area contributed by atoms with Crippen LogP contribution in [0.3, 0.4) is 0 Å². The van der Waals surface area contributed by atoms with Gasteiger partial charge in [-0.15, -0.1) is 0 Å². The summed E-state index contributed by atoms with van der Waals surface area (Å²) in [6.07, 6.45) is 0. The Morgan fingerprint density at radius 3 is 1.00 bits per heavy atom. The van der Waals surface area contributed by atoms with E-state index in [0.717, 1.165) is 23.0 Å². The molecule has 0 heterocycles. The first-order valence-electron chi connectivity index (χ1n) is 8.86. The third-order valence-corrected chi connectivity index (χ3v) is 8.07. The maximum absolute atomic E-state index is 5.91. The molecule has 5 heteroatoms. The van der Waals surface area contributed by atoms with Crippen molar-refractivity contribution in [3.8, 4) is 23.0 Å². The number of ether oxygens (including phenoxy) is 2. The molecule has 0 amide bonds. The van der Waals surface area contributed by atoms with Crippen molar-refractivity contribution in [2.75, 3.05) is 0 Å². The zero-order chi connectivity index (χ0) is 20.1. The highest BCUT2D eigenvalue weighted by Crippen LogP contribution is 2.22. The first-order chi connectivity index (χ1) is 14.1. The Kier molecular flexibility index (Phi) is 7.30. The second kappa shape index (κ2) is 10.1. The molecule has 0 aliphatic rings. The van der Waals surface area contributed by atoms with Gasteiger partial charge in [0.1, 0.15) is 23.0 Å². The number of halogens is 3. The fourth-order valence-corrected chi connectivity index (χ4v) is 5.41. The zero-order valence-electron chi connectivity index (χ0n) is 15.2. The third kappa shape index (κ3) is 6.32. The lowest BCUT2D eigenvalue weighted by Gasteiger charge is -2.05. The molecule has 4 aromatic carbocycles. The molecule has 144 valence electrons. The quantitative estimate of drug-likeness (QED) is 0.272. The summed E-state index contributed by atoms with van der Waals surface area (Å²) in [5, 5.41) is 0. The van der Waals surface area contributed by atoms with Gasteiger partial charge in [0.15, 0.2) is 7.14 Å². The van der Waals surface area contributed by atoms with Crippen molar-refractivity contribution in [2.24, 2.45) is 0 Å². The highest BCUT2D eigenvalue weighted by Gasteiger charge is 2.15. The van der Waals surface area contributed by atoms with E-state index in [1.54, 1.807) is 0 Å². The molecule has 29 heavy (non-hydrogen) atoms. The fourth-order valence-electron chi connectivity index (χ4n) is 2.53. The van der Waals surface area contributed by atoms with Crippen LogP contribution in [-0.4, -0.2) is 0 Å². The van der Waals surface area contributed by atoms with Crippen molar-refractivity contribution in [3.63, 3.8) is 0 Å². The molecule has 0 atom stereocenters. The van der Waals surface area contributed by atoms with Crippen LogP contribution in [0.5, 0.6) is 23.0 Å². The van der Waals surface area contributed by atoms with Gasteiger partial charge in [0.2, 0.25) is 0 Å². The van der Waals surface area contributed by atoms with Crippen LogP contribution in [0.15, 0.2) is 97.1 Å². The van der Waals surface area contributed by atoms with Gasteiger partial charge in [0, 0.05) is 7.14 Å². The summed E-state index contributed by atoms with van der Waals surface area (Å²) in [5.74, 6) is 3.44. The van der Waals surface area contributed by atoms with Gasteiger partial charge in [-0.2, -0.15) is 0 Å². The van der Waals surface area contributed by atoms with Gasteiger partial charge in [-0.1, -0.05) is 0 Å². The van der Waals surface area contributed by atoms with Crippen LogP contribution in [0.25, 0.3) is 0 Å². The van der Waals surface area contributed by atoms with Gasteiger partial charge in [-0.25, -0.2) is 0 Å². The van der Waals surface area contributed by atoms with Crippen molar-refractivity contribution in [1.82, 2.24) is 0 Å². The standard InChI is InChI=1S/C24H16I3O2/c25-17-1-9-21(10-2-17)28-23-13-5-19(6-14-23)27-20-7-15-24(16-8-20)29-22-11-3-18(26)4-12-22/h1-16H/q+1. The minimum Gasteiger partial charge on any atom is -0.457 e. The number of hydrogen-bond acceptors (Lipinski definition) is 2. The highest BCUT2D eigenvalue weighted by molar-refractivity contribution is 14.1. The van der Waals surface area contributed by atoms with E-state index in [9.17, 15) is 0 Å². The maximum atomic E-state index is 5.91. The first kappa shape index (κ1) is 20.9. The van der Waals surface area contributed by atoms with Crippen LogP contribution >= 0.6 is 45.2 Å². The van der Waals surface area contributed by atoms with Crippen molar-refractivity contribution >= 4 is 45.2 Å². The molecule has 0 radical (unpaired) electrons. The molecule has 4 rings (SSSR count). The van der Waals surface area contributed by atoms with Crippen molar-refractivity contribution < 1.29 is 30.7 Å². The Morgan fingerprint density at radius 1 is 0.414 bits per heavy atom. The van der Waals surface area contributed by atoms with Crippen LogP contribution in [0.2, 0.25) is 0 Å². The third-order valence-electron chi connectivity index (χ3n) is 3.94. The molecule has 0 bridgehead atoms. The predicted molar refractivity (Wildman–Crippen MR) is 129 cm³/mol. The number of hydrogen-bond donors (Lipinski definition) is 0. The lowest BCUT2D eigenvalue weighted by molar-refractivity contribution is -0.597. The van der Waals surface area contributed by atoms with Gasteiger partial charge in [-0.3, -0.25) is 0 Å². The molecular weight excluding hydrogens is 701 g/mol. The normalized spacial score (nSPS) is 10.6. The Morgan fingerprint density at radius 2 is 0.690 bits per heavy atom. The average molecular weight is 717 g/mol. The molecule has 0 unspecified atom stereocenters. The van der Waals surface area contributed by atoms with E-state index in [1.807, 2.05) is 72.8 Å². The summed E-state index contributed by atoms with van der Waals surface area (Å²) in [5.41, 5.74) is 0. The Hall–Kier alpha value is -1.33. The van der Waals surface area contributed by atoms with E-state index in [2.05, 4.69) is 69.4 Å². The smallest absolute Gasteiger partial charge is 0.357 e. The SMILES string of the molecule is Ic1ccc(Oc2ccc([I+]c3ccc(Oc4ccc(I)cc4)cc3)cc2)cc1. The lowest BCUT2D eigenvalue weighted by atomic mass is 10.3. The fraction of sp³-hybridized carbons (Fsp3) is 0. The van der Waals surface area contributed by atoms with E-state index in [-0.39, 0.29) is 21.2 Å². The van der Waals surface area contributed by atoms with Crippen LogP contribution in [0, 0.1) is 14.3 Å². The minimum absolute atomic E-state index is 0.240. The molecule has 2 nitrogen and oxygen atoms in total. The van der Waals surface area contributed by atoms with Crippen molar-refractivity contribution in [3.05, 3.63) is 111 Å². The first-order valence-corrected chi connectivity index (χ1v) is 13.2. The monoisotopic (exact) mass is 717 g/mol. The van der Waals surface area contributed by atoms with Crippen LogP contribution in [0.4, 0.5) is 0 Å². The topological polar surface area (TPSA) is 18.5 Å². The molecule has 0 saturated carbocycles. The van der Waals surface area contributed by atoms with Gasteiger partial charge in [0.05, 0.1) is 0 Å². The van der Waals surface area contributed by atoms with E-state index >= 15 is 0 Å². The number of rotatable bonds is 6. The molecule has 0 saturated heterocycles. The number of benzene rings is 4. The summed E-state index contributed by atoms with van der Waals surface area (Å²) >= 11 is 4.34. The van der Waals surface area contributed by atoms with Crippen LogP contribution in [0.1, 0.15) is 0 Å². The summed E-state index contributed by atoms with van der Waals surface area (Å²) < 4.78 is 16.9. The van der Waals surface area contributed by atoms with Crippen LogP contribution < -0.4 is 30.7 Å². The largest absolute Gasteiger partial charge is 0.457 e. The maximum Gasteiger partial charge on any atom is 0.357 e. The summed E-state index contributed by atoms with van der Waals surface area (Å²) in [6, 6.07) is 32.9.